The van der Waals surface area contributed by atoms with Crippen LogP contribution in [0.25, 0.3) is 0 Å². The SMILES string of the molecule is O=C(Nc1nnc(/N=C/c2cccc([N+](=O)[O-])c2)s1)c1ccccc1. The number of anilines is 1. The summed E-state index contributed by atoms with van der Waals surface area (Å²) in [6, 6.07) is 14.8. The normalized spacial score (nSPS) is 10.7. The van der Waals surface area contributed by atoms with Crippen LogP contribution in [0.3, 0.4) is 0 Å². The van der Waals surface area contributed by atoms with Gasteiger partial charge in [0.05, 0.1) is 4.92 Å². The van der Waals surface area contributed by atoms with Gasteiger partial charge >= 0.3 is 0 Å². The molecule has 0 aliphatic heterocycles. The Balaban J connectivity index is 1.68. The Morgan fingerprint density at radius 2 is 1.96 bits per heavy atom. The zero-order valence-corrected chi connectivity index (χ0v) is 13.5. The third kappa shape index (κ3) is 4.30. The zero-order valence-electron chi connectivity index (χ0n) is 12.7. The maximum absolute atomic E-state index is 12.0. The molecule has 0 atom stereocenters. The third-order valence-electron chi connectivity index (χ3n) is 3.08. The summed E-state index contributed by atoms with van der Waals surface area (Å²) in [5.41, 5.74) is 1.07. The number of carbonyl (C=O) groups is 1. The fourth-order valence-corrected chi connectivity index (χ4v) is 2.51. The van der Waals surface area contributed by atoms with Crippen LogP contribution in [0.2, 0.25) is 0 Å². The molecule has 124 valence electrons. The molecule has 25 heavy (non-hydrogen) atoms. The van der Waals surface area contributed by atoms with Crippen molar-refractivity contribution < 1.29 is 9.72 Å². The summed E-state index contributed by atoms with van der Waals surface area (Å²) >= 11 is 1.10. The van der Waals surface area contributed by atoms with Gasteiger partial charge in [-0.2, -0.15) is 0 Å². The predicted molar refractivity (Wildman–Crippen MR) is 94.7 cm³/mol. The van der Waals surface area contributed by atoms with Gasteiger partial charge in [0, 0.05) is 23.9 Å². The molecule has 3 rings (SSSR count). The first-order chi connectivity index (χ1) is 12.1. The predicted octanol–water partition coefficient (Wildman–Crippen LogP) is 3.45. The van der Waals surface area contributed by atoms with Crippen LogP contribution >= 0.6 is 11.3 Å². The van der Waals surface area contributed by atoms with E-state index in [-0.39, 0.29) is 11.6 Å². The molecule has 0 spiro atoms. The third-order valence-corrected chi connectivity index (χ3v) is 3.82. The molecule has 9 heteroatoms. The minimum atomic E-state index is -0.473. The number of carbonyl (C=O) groups excluding carboxylic acids is 1. The van der Waals surface area contributed by atoms with Crippen LogP contribution in [0.15, 0.2) is 59.6 Å². The van der Waals surface area contributed by atoms with Crippen LogP contribution in [0.5, 0.6) is 0 Å². The van der Waals surface area contributed by atoms with Crippen LogP contribution < -0.4 is 5.32 Å². The Kier molecular flexibility index (Phi) is 4.86. The van der Waals surface area contributed by atoms with E-state index < -0.39 is 4.92 Å². The second-order valence-corrected chi connectivity index (χ2v) is 5.78. The van der Waals surface area contributed by atoms with Gasteiger partial charge in [0.1, 0.15) is 0 Å². The zero-order chi connectivity index (χ0) is 17.6. The number of nitro groups is 1. The average molecular weight is 353 g/mol. The van der Waals surface area contributed by atoms with Crippen molar-refractivity contribution in [1.29, 1.82) is 0 Å². The molecule has 0 fully saturated rings. The van der Waals surface area contributed by atoms with Crippen LogP contribution in [0, 0.1) is 10.1 Å². The molecule has 8 nitrogen and oxygen atoms in total. The summed E-state index contributed by atoms with van der Waals surface area (Å²) in [5.74, 6) is -0.286. The van der Waals surface area contributed by atoms with Gasteiger partial charge in [0.2, 0.25) is 10.3 Å². The number of hydrogen-bond donors (Lipinski definition) is 1. The number of aromatic nitrogens is 2. The van der Waals surface area contributed by atoms with Crippen molar-refractivity contribution in [3.63, 3.8) is 0 Å². The van der Waals surface area contributed by atoms with Gasteiger partial charge in [-0.25, -0.2) is 4.99 Å². The monoisotopic (exact) mass is 353 g/mol. The second-order valence-electron chi connectivity index (χ2n) is 4.82. The van der Waals surface area contributed by atoms with Crippen molar-refractivity contribution in [1.82, 2.24) is 10.2 Å². The molecular formula is C16H11N5O3S. The maximum atomic E-state index is 12.0. The molecule has 0 aliphatic carbocycles. The number of amides is 1. The Morgan fingerprint density at radius 1 is 1.16 bits per heavy atom. The summed E-state index contributed by atoms with van der Waals surface area (Å²) in [4.78, 5) is 26.4. The Labute approximate surface area is 146 Å². The van der Waals surface area contributed by atoms with E-state index in [0.717, 1.165) is 11.3 Å². The molecule has 1 aromatic heterocycles. The van der Waals surface area contributed by atoms with Gasteiger partial charge < -0.3 is 0 Å². The van der Waals surface area contributed by atoms with Gasteiger partial charge in [0.15, 0.2) is 0 Å². The molecule has 0 saturated carbocycles. The van der Waals surface area contributed by atoms with Crippen molar-refractivity contribution in [2.75, 3.05) is 5.32 Å². The van der Waals surface area contributed by atoms with Crippen LogP contribution in [-0.2, 0) is 0 Å². The molecule has 0 saturated heterocycles. The Bertz CT molecular complexity index is 940. The average Bonchev–Trinajstić information content (AvgIpc) is 3.08. The first kappa shape index (κ1) is 16.4. The van der Waals surface area contributed by atoms with Crippen LogP contribution in [0.1, 0.15) is 15.9 Å². The topological polar surface area (TPSA) is 110 Å². The summed E-state index contributed by atoms with van der Waals surface area (Å²) in [6.07, 6.45) is 1.45. The molecule has 0 radical (unpaired) electrons. The van der Waals surface area contributed by atoms with E-state index >= 15 is 0 Å². The van der Waals surface area contributed by atoms with E-state index in [4.69, 9.17) is 0 Å². The van der Waals surface area contributed by atoms with Crippen molar-refractivity contribution in [3.8, 4) is 0 Å². The minimum Gasteiger partial charge on any atom is -0.296 e. The van der Waals surface area contributed by atoms with E-state index in [1.54, 1.807) is 36.4 Å². The van der Waals surface area contributed by atoms with Crippen molar-refractivity contribution in [3.05, 3.63) is 75.8 Å². The van der Waals surface area contributed by atoms with Crippen molar-refractivity contribution in [2.24, 2.45) is 4.99 Å². The lowest BCUT2D eigenvalue weighted by molar-refractivity contribution is -0.384. The fraction of sp³-hybridized carbons (Fsp3) is 0. The van der Waals surface area contributed by atoms with E-state index in [0.29, 0.717) is 21.4 Å². The summed E-state index contributed by atoms with van der Waals surface area (Å²) in [7, 11) is 0. The van der Waals surface area contributed by atoms with Gasteiger partial charge in [-0.05, 0) is 17.7 Å². The number of hydrogen-bond acceptors (Lipinski definition) is 7. The summed E-state index contributed by atoms with van der Waals surface area (Å²) < 4.78 is 0. The second kappa shape index (κ2) is 7.41. The minimum absolute atomic E-state index is 0.0166. The molecule has 0 unspecified atom stereocenters. The lowest BCUT2D eigenvalue weighted by Gasteiger charge is -1.99. The maximum Gasteiger partial charge on any atom is 0.270 e. The van der Waals surface area contributed by atoms with Gasteiger partial charge in [-0.15, -0.1) is 10.2 Å². The van der Waals surface area contributed by atoms with E-state index in [1.165, 1.54) is 18.3 Å². The van der Waals surface area contributed by atoms with E-state index in [9.17, 15) is 14.9 Å². The number of aliphatic imine (C=N–C) groups is 1. The van der Waals surface area contributed by atoms with Crippen molar-refractivity contribution in [2.45, 2.75) is 0 Å². The fourth-order valence-electron chi connectivity index (χ4n) is 1.93. The molecule has 1 heterocycles. The lowest BCUT2D eigenvalue weighted by Crippen LogP contribution is -2.11. The molecule has 0 aliphatic rings. The Hall–Kier alpha value is -3.46. The summed E-state index contributed by atoms with van der Waals surface area (Å²) in [6.45, 7) is 0. The molecule has 1 N–H and O–H groups in total. The van der Waals surface area contributed by atoms with E-state index in [2.05, 4.69) is 20.5 Å². The number of nitrogens with one attached hydrogen (secondary N) is 1. The molecule has 3 aromatic rings. The quantitative estimate of drug-likeness (QED) is 0.429. The lowest BCUT2D eigenvalue weighted by atomic mass is 10.2. The van der Waals surface area contributed by atoms with Gasteiger partial charge in [0.25, 0.3) is 11.6 Å². The highest BCUT2D eigenvalue weighted by Gasteiger charge is 2.09. The number of nitro benzene ring substituents is 1. The molecule has 1 amide bonds. The highest BCUT2D eigenvalue weighted by molar-refractivity contribution is 7.18. The highest BCUT2D eigenvalue weighted by atomic mass is 32.1. The smallest absolute Gasteiger partial charge is 0.270 e. The number of non-ortho nitro benzene ring substituents is 1. The first-order valence-corrected chi connectivity index (χ1v) is 7.92. The van der Waals surface area contributed by atoms with Gasteiger partial charge in [-0.3, -0.25) is 20.2 Å². The van der Waals surface area contributed by atoms with E-state index in [1.807, 2.05) is 6.07 Å². The van der Waals surface area contributed by atoms with Crippen LogP contribution in [-0.4, -0.2) is 27.2 Å². The molecule has 0 bridgehead atoms. The van der Waals surface area contributed by atoms with Gasteiger partial charge in [-0.1, -0.05) is 41.7 Å². The highest BCUT2D eigenvalue weighted by Crippen LogP contribution is 2.23. The summed E-state index contributed by atoms with van der Waals surface area (Å²) in [5, 5.41) is 21.8. The number of rotatable bonds is 5. The molecule has 2 aromatic carbocycles. The number of benzene rings is 2. The first-order valence-electron chi connectivity index (χ1n) is 7.10. The van der Waals surface area contributed by atoms with Crippen LogP contribution in [0.4, 0.5) is 16.0 Å². The van der Waals surface area contributed by atoms with Crippen molar-refractivity contribution >= 4 is 39.4 Å². The molecular weight excluding hydrogens is 342 g/mol. The Morgan fingerprint density at radius 3 is 2.72 bits per heavy atom. The largest absolute Gasteiger partial charge is 0.296 e. The standard InChI is InChI=1S/C16H11N5O3S/c22-14(12-6-2-1-3-7-12)18-16-20-19-15(25-16)17-10-11-5-4-8-13(9-11)21(23)24/h1-10H,(H,18,20,22)/b17-10+. The number of nitrogens with zero attached hydrogens (tertiary/aromatic N) is 4.